The smallest absolute Gasteiger partial charge is 0.274 e. The van der Waals surface area contributed by atoms with Gasteiger partial charge in [0.2, 0.25) is 5.91 Å². The molecule has 0 fully saturated rings. The number of rotatable bonds is 7. The first-order chi connectivity index (χ1) is 13.8. The summed E-state index contributed by atoms with van der Waals surface area (Å²) >= 11 is 1.01. The lowest BCUT2D eigenvalue weighted by atomic mass is 10.1. The Labute approximate surface area is 173 Å². The molecule has 1 atom stereocenters. The summed E-state index contributed by atoms with van der Waals surface area (Å²) in [4.78, 5) is 12.7. The van der Waals surface area contributed by atoms with Gasteiger partial charge in [-0.25, -0.2) is 12.8 Å². The van der Waals surface area contributed by atoms with E-state index in [2.05, 4.69) is 5.32 Å². The lowest BCUT2D eigenvalue weighted by Gasteiger charge is -2.24. The van der Waals surface area contributed by atoms with Crippen molar-refractivity contribution in [2.24, 2.45) is 0 Å². The molecule has 1 aromatic heterocycles. The number of sulfonamides is 1. The third kappa shape index (κ3) is 4.83. The summed E-state index contributed by atoms with van der Waals surface area (Å²) in [6, 6.07) is 15.9. The standard InChI is InChI=1S/C21H21FN2O3S2/c1-15-9-11-17(12-10-15)16(2)23-20(25)14-24(19-7-4-3-6-18(19)22)29(26,27)21-8-5-13-28-21/h3-13,16H,14H2,1-2H3,(H,23,25). The molecular weight excluding hydrogens is 411 g/mol. The highest BCUT2D eigenvalue weighted by Crippen LogP contribution is 2.28. The minimum absolute atomic E-state index is 0.0418. The highest BCUT2D eigenvalue weighted by Gasteiger charge is 2.30. The number of carbonyl (C=O) groups excluding carboxylic acids is 1. The summed E-state index contributed by atoms with van der Waals surface area (Å²) in [6.45, 7) is 3.25. The van der Waals surface area contributed by atoms with Gasteiger partial charge in [-0.3, -0.25) is 9.10 Å². The van der Waals surface area contributed by atoms with Crippen LogP contribution in [0, 0.1) is 12.7 Å². The Morgan fingerprint density at radius 1 is 1.10 bits per heavy atom. The summed E-state index contributed by atoms with van der Waals surface area (Å²) in [5.74, 6) is -1.24. The predicted octanol–water partition coefficient (Wildman–Crippen LogP) is 4.27. The van der Waals surface area contributed by atoms with E-state index < -0.39 is 28.3 Å². The Hall–Kier alpha value is -2.71. The van der Waals surface area contributed by atoms with E-state index in [4.69, 9.17) is 0 Å². The zero-order chi connectivity index (χ0) is 21.0. The molecule has 29 heavy (non-hydrogen) atoms. The van der Waals surface area contributed by atoms with Crippen LogP contribution in [0.5, 0.6) is 0 Å². The molecule has 0 spiro atoms. The van der Waals surface area contributed by atoms with Crippen molar-refractivity contribution >= 4 is 33.0 Å². The molecule has 0 saturated heterocycles. The third-order valence-corrected chi connectivity index (χ3v) is 7.54. The summed E-state index contributed by atoms with van der Waals surface area (Å²) in [7, 11) is -4.08. The van der Waals surface area contributed by atoms with Crippen molar-refractivity contribution in [3.05, 3.63) is 83.0 Å². The third-order valence-electron chi connectivity index (χ3n) is 4.40. The highest BCUT2D eigenvalue weighted by molar-refractivity contribution is 7.94. The molecule has 3 rings (SSSR count). The van der Waals surface area contributed by atoms with Gasteiger partial charge in [0.15, 0.2) is 0 Å². The van der Waals surface area contributed by atoms with Gasteiger partial charge < -0.3 is 5.32 Å². The van der Waals surface area contributed by atoms with Gasteiger partial charge in [0.25, 0.3) is 10.0 Å². The fraction of sp³-hybridized carbons (Fsp3) is 0.190. The van der Waals surface area contributed by atoms with Crippen molar-refractivity contribution < 1.29 is 17.6 Å². The van der Waals surface area contributed by atoms with E-state index >= 15 is 0 Å². The van der Waals surface area contributed by atoms with E-state index in [1.807, 2.05) is 38.1 Å². The second-order valence-electron chi connectivity index (χ2n) is 6.60. The molecule has 1 heterocycles. The molecular formula is C21H21FN2O3S2. The topological polar surface area (TPSA) is 66.5 Å². The van der Waals surface area contributed by atoms with Crippen LogP contribution in [0.4, 0.5) is 10.1 Å². The van der Waals surface area contributed by atoms with E-state index in [1.165, 1.54) is 30.3 Å². The van der Waals surface area contributed by atoms with Crippen molar-refractivity contribution in [2.45, 2.75) is 24.1 Å². The van der Waals surface area contributed by atoms with Crippen molar-refractivity contribution in [1.82, 2.24) is 5.32 Å². The van der Waals surface area contributed by atoms with Crippen LogP contribution in [0.15, 0.2) is 70.3 Å². The molecule has 1 unspecified atom stereocenters. The molecule has 1 amide bonds. The second-order valence-corrected chi connectivity index (χ2v) is 9.63. The number of aryl methyl sites for hydroxylation is 1. The van der Waals surface area contributed by atoms with Crippen LogP contribution in [0.3, 0.4) is 0 Å². The summed E-state index contributed by atoms with van der Waals surface area (Å²) < 4.78 is 41.4. The van der Waals surface area contributed by atoms with Gasteiger partial charge in [-0.2, -0.15) is 0 Å². The number of hydrogen-bond acceptors (Lipinski definition) is 4. The summed E-state index contributed by atoms with van der Waals surface area (Å²) in [5, 5.41) is 4.41. The normalized spacial score (nSPS) is 12.4. The lowest BCUT2D eigenvalue weighted by molar-refractivity contribution is -0.120. The van der Waals surface area contributed by atoms with Crippen molar-refractivity contribution in [2.75, 3.05) is 10.8 Å². The number of hydrogen-bond donors (Lipinski definition) is 1. The Morgan fingerprint density at radius 3 is 2.41 bits per heavy atom. The van der Waals surface area contributed by atoms with E-state index in [0.29, 0.717) is 0 Å². The minimum atomic E-state index is -4.08. The molecule has 0 aliphatic rings. The highest BCUT2D eigenvalue weighted by atomic mass is 32.2. The van der Waals surface area contributed by atoms with Crippen molar-refractivity contribution in [1.29, 1.82) is 0 Å². The summed E-state index contributed by atoms with van der Waals surface area (Å²) in [6.07, 6.45) is 0. The molecule has 5 nitrogen and oxygen atoms in total. The Kier molecular flexibility index (Phi) is 6.34. The Bertz CT molecular complexity index is 1080. The number of para-hydroxylation sites is 1. The minimum Gasteiger partial charge on any atom is -0.348 e. The average Bonchev–Trinajstić information content (AvgIpc) is 3.23. The number of amides is 1. The van der Waals surface area contributed by atoms with Crippen molar-refractivity contribution in [3.63, 3.8) is 0 Å². The fourth-order valence-electron chi connectivity index (χ4n) is 2.83. The average molecular weight is 433 g/mol. The van der Waals surface area contributed by atoms with Gasteiger partial charge in [-0.15, -0.1) is 11.3 Å². The molecule has 0 radical (unpaired) electrons. The first kappa shape index (κ1) is 21.0. The van der Waals surface area contributed by atoms with Crippen LogP contribution in [-0.2, 0) is 14.8 Å². The summed E-state index contributed by atoms with van der Waals surface area (Å²) in [5.41, 5.74) is 1.82. The molecule has 2 aromatic carbocycles. The number of benzene rings is 2. The van der Waals surface area contributed by atoms with E-state index in [9.17, 15) is 17.6 Å². The largest absolute Gasteiger partial charge is 0.348 e. The van der Waals surface area contributed by atoms with Crippen LogP contribution < -0.4 is 9.62 Å². The SMILES string of the molecule is Cc1ccc(C(C)NC(=O)CN(c2ccccc2F)S(=O)(=O)c2cccs2)cc1. The Balaban J connectivity index is 1.86. The van der Waals surface area contributed by atoms with E-state index in [0.717, 1.165) is 26.8 Å². The first-order valence-corrected chi connectivity index (χ1v) is 11.3. The zero-order valence-corrected chi connectivity index (χ0v) is 17.6. The Morgan fingerprint density at radius 2 is 1.79 bits per heavy atom. The van der Waals surface area contributed by atoms with Gasteiger partial charge in [0.05, 0.1) is 11.7 Å². The molecule has 8 heteroatoms. The van der Waals surface area contributed by atoms with Gasteiger partial charge in [-0.1, -0.05) is 48.0 Å². The molecule has 1 N–H and O–H groups in total. The quantitative estimate of drug-likeness (QED) is 0.606. The molecule has 0 bridgehead atoms. The van der Waals surface area contributed by atoms with Gasteiger partial charge >= 0.3 is 0 Å². The van der Waals surface area contributed by atoms with Gasteiger partial charge in [0, 0.05) is 0 Å². The lowest BCUT2D eigenvalue weighted by Crippen LogP contribution is -2.41. The zero-order valence-electron chi connectivity index (χ0n) is 16.0. The maximum absolute atomic E-state index is 14.4. The number of halogens is 1. The monoisotopic (exact) mass is 432 g/mol. The maximum Gasteiger partial charge on any atom is 0.274 e. The number of carbonyl (C=O) groups is 1. The molecule has 0 aliphatic carbocycles. The van der Waals surface area contributed by atoms with E-state index in [1.54, 1.807) is 11.4 Å². The fourth-order valence-corrected chi connectivity index (χ4v) is 5.36. The van der Waals surface area contributed by atoms with Crippen LogP contribution >= 0.6 is 11.3 Å². The predicted molar refractivity (Wildman–Crippen MR) is 113 cm³/mol. The van der Waals surface area contributed by atoms with Gasteiger partial charge in [0.1, 0.15) is 16.6 Å². The van der Waals surface area contributed by atoms with Crippen LogP contribution in [0.25, 0.3) is 0 Å². The van der Waals surface area contributed by atoms with Crippen LogP contribution in [-0.4, -0.2) is 20.9 Å². The maximum atomic E-state index is 14.4. The van der Waals surface area contributed by atoms with E-state index in [-0.39, 0.29) is 15.9 Å². The number of nitrogens with zero attached hydrogens (tertiary/aromatic N) is 1. The van der Waals surface area contributed by atoms with Crippen LogP contribution in [0.1, 0.15) is 24.1 Å². The number of nitrogens with one attached hydrogen (secondary N) is 1. The second kappa shape index (κ2) is 8.75. The number of thiophene rings is 1. The van der Waals surface area contributed by atoms with Crippen LogP contribution in [0.2, 0.25) is 0 Å². The van der Waals surface area contributed by atoms with Crippen molar-refractivity contribution in [3.8, 4) is 0 Å². The molecule has 3 aromatic rings. The first-order valence-electron chi connectivity index (χ1n) is 8.96. The van der Waals surface area contributed by atoms with Gasteiger partial charge in [-0.05, 0) is 43.0 Å². The molecule has 0 saturated carbocycles. The molecule has 0 aliphatic heterocycles. The molecule has 152 valence electrons. The number of anilines is 1.